The lowest BCUT2D eigenvalue weighted by Gasteiger charge is -2.11. The second-order valence-electron chi connectivity index (χ2n) is 4.06. The fraction of sp³-hybridized carbons (Fsp3) is 0.571. The van der Waals surface area contributed by atoms with Gasteiger partial charge in [0.15, 0.2) is 12.0 Å². The maximum absolute atomic E-state index is 10.7. The van der Waals surface area contributed by atoms with E-state index in [4.69, 9.17) is 9.47 Å². The van der Waals surface area contributed by atoms with E-state index in [2.05, 4.69) is 18.8 Å². The first-order valence-corrected chi connectivity index (χ1v) is 6.53. The maximum Gasteiger partial charge on any atom is 0.257 e. The molecule has 0 aliphatic rings. The number of aldehydes is 1. The second kappa shape index (κ2) is 8.50. The zero-order valence-electron chi connectivity index (χ0n) is 11.1. The molecule has 0 atom stereocenters. The number of nitrogens with zero attached hydrogens (tertiary/aromatic N) is 1. The van der Waals surface area contributed by atoms with E-state index in [9.17, 15) is 4.79 Å². The number of rotatable bonds is 9. The van der Waals surface area contributed by atoms with Crippen LogP contribution in [-0.4, -0.2) is 24.5 Å². The van der Waals surface area contributed by atoms with Gasteiger partial charge in [-0.25, -0.2) is 4.98 Å². The molecule has 0 saturated heterocycles. The highest BCUT2D eigenvalue weighted by Gasteiger charge is 2.08. The maximum atomic E-state index is 10.7. The molecule has 1 rings (SSSR count). The first-order chi connectivity index (χ1) is 8.81. The Hall–Kier alpha value is -1.58. The molecule has 0 aromatic carbocycles. The van der Waals surface area contributed by atoms with Crippen LogP contribution in [0.25, 0.3) is 0 Å². The Labute approximate surface area is 108 Å². The van der Waals surface area contributed by atoms with Crippen molar-refractivity contribution in [1.29, 1.82) is 0 Å². The van der Waals surface area contributed by atoms with E-state index in [1.165, 1.54) is 0 Å². The van der Waals surface area contributed by atoms with Gasteiger partial charge in [-0.3, -0.25) is 4.79 Å². The quantitative estimate of drug-likeness (QED) is 0.499. The molecule has 0 aliphatic carbocycles. The Morgan fingerprint density at radius 3 is 2.39 bits per heavy atom. The third kappa shape index (κ3) is 4.73. The van der Waals surface area contributed by atoms with Gasteiger partial charge >= 0.3 is 0 Å². The number of carbonyl (C=O) groups is 1. The highest BCUT2D eigenvalue weighted by molar-refractivity contribution is 5.72. The van der Waals surface area contributed by atoms with Gasteiger partial charge < -0.3 is 9.47 Å². The molecule has 0 N–H and O–H groups in total. The van der Waals surface area contributed by atoms with Gasteiger partial charge in [-0.2, -0.15) is 0 Å². The molecule has 0 radical (unpaired) electrons. The van der Waals surface area contributed by atoms with Crippen LogP contribution in [0.3, 0.4) is 0 Å². The number of unbranched alkanes of at least 4 members (excludes halogenated alkanes) is 2. The van der Waals surface area contributed by atoms with Gasteiger partial charge in [-0.05, 0) is 25.0 Å². The summed E-state index contributed by atoms with van der Waals surface area (Å²) in [6.45, 7) is 5.44. The lowest BCUT2D eigenvalue weighted by molar-refractivity contribution is 0.111. The number of pyridine rings is 1. The van der Waals surface area contributed by atoms with Crippen molar-refractivity contribution >= 4 is 6.29 Å². The van der Waals surface area contributed by atoms with Crippen LogP contribution in [0.2, 0.25) is 0 Å². The molecule has 4 heteroatoms. The van der Waals surface area contributed by atoms with Crippen LogP contribution in [0.15, 0.2) is 12.1 Å². The van der Waals surface area contributed by atoms with E-state index in [1.807, 2.05) is 0 Å². The summed E-state index contributed by atoms with van der Waals surface area (Å²) in [6.07, 6.45) is 4.79. The number of aromatic nitrogens is 1. The van der Waals surface area contributed by atoms with Crippen molar-refractivity contribution in [3.05, 3.63) is 17.8 Å². The molecule has 0 aliphatic heterocycles. The summed E-state index contributed by atoms with van der Waals surface area (Å²) in [5.74, 6) is 1.04. The minimum Gasteiger partial charge on any atom is -0.488 e. The Morgan fingerprint density at radius 2 is 1.78 bits per heavy atom. The van der Waals surface area contributed by atoms with Crippen LogP contribution in [0, 0.1) is 0 Å². The Balaban J connectivity index is 2.69. The van der Waals surface area contributed by atoms with Crippen molar-refractivity contribution in [2.24, 2.45) is 0 Å². The summed E-state index contributed by atoms with van der Waals surface area (Å²) < 4.78 is 11.2. The summed E-state index contributed by atoms with van der Waals surface area (Å²) in [7, 11) is 0. The average Bonchev–Trinajstić information content (AvgIpc) is 2.40. The molecule has 0 fully saturated rings. The van der Waals surface area contributed by atoms with Crippen LogP contribution in [0.1, 0.15) is 50.0 Å². The predicted molar refractivity (Wildman–Crippen MR) is 70.4 cm³/mol. The molecule has 0 saturated carbocycles. The molecule has 0 spiro atoms. The Bertz CT molecular complexity index is 366. The molecule has 18 heavy (non-hydrogen) atoms. The van der Waals surface area contributed by atoms with E-state index in [0.29, 0.717) is 36.8 Å². The van der Waals surface area contributed by atoms with Gasteiger partial charge in [-0.1, -0.05) is 26.7 Å². The topological polar surface area (TPSA) is 48.4 Å². The van der Waals surface area contributed by atoms with Gasteiger partial charge in [-0.15, -0.1) is 0 Å². The van der Waals surface area contributed by atoms with Crippen LogP contribution in [0.5, 0.6) is 11.6 Å². The Morgan fingerprint density at radius 1 is 1.11 bits per heavy atom. The zero-order valence-corrected chi connectivity index (χ0v) is 11.1. The van der Waals surface area contributed by atoms with Gasteiger partial charge in [0.05, 0.1) is 13.2 Å². The smallest absolute Gasteiger partial charge is 0.257 e. The minimum atomic E-state index is 0.365. The summed E-state index contributed by atoms with van der Waals surface area (Å²) in [5.41, 5.74) is 0.365. The molecular formula is C14H21NO3. The molecule has 0 unspecified atom stereocenters. The van der Waals surface area contributed by atoms with Crippen LogP contribution in [-0.2, 0) is 0 Å². The summed E-state index contributed by atoms with van der Waals surface area (Å²) in [4.78, 5) is 14.8. The molecule has 1 aromatic heterocycles. The third-order valence-corrected chi connectivity index (χ3v) is 2.46. The molecule has 1 aromatic rings. The average molecular weight is 251 g/mol. The number of ether oxygens (including phenoxy) is 2. The summed E-state index contributed by atoms with van der Waals surface area (Å²) >= 11 is 0. The molecule has 0 bridgehead atoms. The first kappa shape index (κ1) is 14.5. The first-order valence-electron chi connectivity index (χ1n) is 6.53. The lowest BCUT2D eigenvalue weighted by Crippen LogP contribution is -2.05. The third-order valence-electron chi connectivity index (χ3n) is 2.46. The SMILES string of the molecule is CCCCOc1ccc(C=O)nc1OCCCC. The molecule has 100 valence electrons. The second-order valence-corrected chi connectivity index (χ2v) is 4.06. The van der Waals surface area contributed by atoms with Crippen molar-refractivity contribution in [2.75, 3.05) is 13.2 Å². The highest BCUT2D eigenvalue weighted by Crippen LogP contribution is 2.25. The predicted octanol–water partition coefficient (Wildman–Crippen LogP) is 3.25. The van der Waals surface area contributed by atoms with E-state index in [-0.39, 0.29) is 0 Å². The van der Waals surface area contributed by atoms with Gasteiger partial charge in [0.2, 0.25) is 0 Å². The largest absolute Gasteiger partial charge is 0.488 e. The normalized spacial score (nSPS) is 10.1. The molecule has 4 nitrogen and oxygen atoms in total. The van der Waals surface area contributed by atoms with Crippen LogP contribution >= 0.6 is 0 Å². The monoisotopic (exact) mass is 251 g/mol. The van der Waals surface area contributed by atoms with Crippen molar-refractivity contribution in [1.82, 2.24) is 4.98 Å². The van der Waals surface area contributed by atoms with Crippen molar-refractivity contribution in [3.63, 3.8) is 0 Å². The highest BCUT2D eigenvalue weighted by atomic mass is 16.5. The fourth-order valence-electron chi connectivity index (χ4n) is 1.36. The lowest BCUT2D eigenvalue weighted by atomic mass is 10.3. The Kier molecular flexibility index (Phi) is 6.84. The van der Waals surface area contributed by atoms with Crippen molar-refractivity contribution < 1.29 is 14.3 Å². The summed E-state index contributed by atoms with van der Waals surface area (Å²) in [5, 5.41) is 0. The van der Waals surface area contributed by atoms with Gasteiger partial charge in [0.25, 0.3) is 5.88 Å². The minimum absolute atomic E-state index is 0.365. The number of hydrogen-bond acceptors (Lipinski definition) is 4. The van der Waals surface area contributed by atoms with Crippen LogP contribution < -0.4 is 9.47 Å². The molecule has 0 amide bonds. The van der Waals surface area contributed by atoms with E-state index >= 15 is 0 Å². The number of carbonyl (C=O) groups excluding carboxylic acids is 1. The van der Waals surface area contributed by atoms with Crippen LogP contribution in [0.4, 0.5) is 0 Å². The van der Waals surface area contributed by atoms with Crippen molar-refractivity contribution in [3.8, 4) is 11.6 Å². The van der Waals surface area contributed by atoms with E-state index in [0.717, 1.165) is 25.7 Å². The molecule has 1 heterocycles. The van der Waals surface area contributed by atoms with Gasteiger partial charge in [0.1, 0.15) is 5.69 Å². The fourth-order valence-corrected chi connectivity index (χ4v) is 1.36. The van der Waals surface area contributed by atoms with Crippen molar-refractivity contribution in [2.45, 2.75) is 39.5 Å². The zero-order chi connectivity index (χ0) is 13.2. The van der Waals surface area contributed by atoms with E-state index < -0.39 is 0 Å². The van der Waals surface area contributed by atoms with Gasteiger partial charge in [0, 0.05) is 0 Å². The standard InChI is InChI=1S/C14H21NO3/c1-3-5-9-17-13-8-7-12(11-16)15-14(13)18-10-6-4-2/h7-8,11H,3-6,9-10H2,1-2H3. The molecular weight excluding hydrogens is 230 g/mol. The van der Waals surface area contributed by atoms with E-state index in [1.54, 1.807) is 12.1 Å². The summed E-state index contributed by atoms with van der Waals surface area (Å²) in [6, 6.07) is 3.38. The number of hydrogen-bond donors (Lipinski definition) is 0.